The van der Waals surface area contributed by atoms with Crippen LogP contribution in [0.4, 0.5) is 21.3 Å². The Morgan fingerprint density at radius 1 is 1.24 bits per heavy atom. The van der Waals surface area contributed by atoms with Crippen molar-refractivity contribution in [1.82, 2.24) is 9.88 Å². The number of amides is 2. The second-order valence-corrected chi connectivity index (χ2v) is 8.25. The lowest BCUT2D eigenvalue weighted by Crippen LogP contribution is -2.44. The molecule has 4 rings (SSSR count). The number of benzene rings is 2. The third-order valence-electron chi connectivity index (χ3n) is 4.78. The zero-order chi connectivity index (χ0) is 20.2. The van der Waals surface area contributed by atoms with E-state index in [4.69, 9.17) is 22.1 Å². The van der Waals surface area contributed by atoms with Crippen molar-refractivity contribution in [1.29, 1.82) is 0 Å². The van der Waals surface area contributed by atoms with Crippen molar-refractivity contribution in [3.8, 4) is 0 Å². The first-order valence-electron chi connectivity index (χ1n) is 9.39. The van der Waals surface area contributed by atoms with Crippen molar-refractivity contribution in [2.24, 2.45) is 0 Å². The summed E-state index contributed by atoms with van der Waals surface area (Å²) in [6, 6.07) is 12.6. The average molecular weight is 432 g/mol. The van der Waals surface area contributed by atoms with Crippen LogP contribution in [0.1, 0.15) is 0 Å². The number of fused-ring (bicyclic) bond motifs is 1. The molecule has 9 heteroatoms. The van der Waals surface area contributed by atoms with E-state index in [1.807, 2.05) is 18.2 Å². The van der Waals surface area contributed by atoms with E-state index in [1.54, 1.807) is 29.2 Å². The van der Waals surface area contributed by atoms with Gasteiger partial charge in [-0.3, -0.25) is 9.80 Å². The van der Waals surface area contributed by atoms with Crippen molar-refractivity contribution >= 4 is 55.7 Å². The van der Waals surface area contributed by atoms with Crippen LogP contribution in [-0.4, -0.2) is 55.3 Å². The molecule has 29 heavy (non-hydrogen) atoms. The van der Waals surface area contributed by atoms with E-state index < -0.39 is 0 Å². The van der Waals surface area contributed by atoms with Crippen molar-refractivity contribution in [2.45, 2.75) is 0 Å². The summed E-state index contributed by atoms with van der Waals surface area (Å²) in [4.78, 5) is 21.5. The summed E-state index contributed by atoms with van der Waals surface area (Å²) in [5.74, 6) is 0. The Kier molecular flexibility index (Phi) is 6.15. The maximum Gasteiger partial charge on any atom is 0.326 e. The van der Waals surface area contributed by atoms with Crippen LogP contribution in [0.2, 0.25) is 5.02 Å². The van der Waals surface area contributed by atoms with Crippen LogP contribution in [0.15, 0.2) is 42.5 Å². The maximum absolute atomic E-state index is 13.1. The molecule has 3 aromatic rings. The van der Waals surface area contributed by atoms with Crippen molar-refractivity contribution in [2.75, 3.05) is 55.3 Å². The fourth-order valence-corrected chi connectivity index (χ4v) is 4.08. The van der Waals surface area contributed by atoms with Gasteiger partial charge in [0.1, 0.15) is 0 Å². The first-order valence-corrected chi connectivity index (χ1v) is 10.6. The summed E-state index contributed by atoms with van der Waals surface area (Å²) < 4.78 is 6.41. The van der Waals surface area contributed by atoms with Crippen LogP contribution >= 0.6 is 22.9 Å². The first-order chi connectivity index (χ1) is 14.1. The normalized spacial score (nSPS) is 14.8. The van der Waals surface area contributed by atoms with Crippen LogP contribution < -0.4 is 16.0 Å². The monoisotopic (exact) mass is 431 g/mol. The summed E-state index contributed by atoms with van der Waals surface area (Å²) >= 11 is 7.38. The van der Waals surface area contributed by atoms with Gasteiger partial charge in [0.15, 0.2) is 5.13 Å². The van der Waals surface area contributed by atoms with Gasteiger partial charge >= 0.3 is 6.03 Å². The summed E-state index contributed by atoms with van der Waals surface area (Å²) in [6.07, 6.45) is 0. The van der Waals surface area contributed by atoms with E-state index in [-0.39, 0.29) is 6.03 Å². The number of nitrogens with zero attached hydrogens (tertiary/aromatic N) is 3. The smallest absolute Gasteiger partial charge is 0.326 e. The molecule has 0 atom stereocenters. The molecule has 7 nitrogen and oxygen atoms in total. The molecule has 2 aromatic carbocycles. The minimum atomic E-state index is -0.205. The number of carbonyl (C=O) groups excluding carboxylic acids is 1. The highest BCUT2D eigenvalue weighted by atomic mass is 35.5. The van der Waals surface area contributed by atoms with Crippen LogP contribution in [0.5, 0.6) is 0 Å². The van der Waals surface area contributed by atoms with Gasteiger partial charge in [-0.15, -0.1) is 0 Å². The lowest BCUT2D eigenvalue weighted by atomic mass is 10.2. The molecule has 1 aromatic heterocycles. The molecular formula is C20H22ClN5O2S. The van der Waals surface area contributed by atoms with Crippen molar-refractivity contribution in [3.63, 3.8) is 0 Å². The van der Waals surface area contributed by atoms with E-state index in [2.05, 4.69) is 15.2 Å². The molecule has 1 aliphatic heterocycles. The van der Waals surface area contributed by atoms with Crippen LogP contribution in [0, 0.1) is 0 Å². The van der Waals surface area contributed by atoms with Gasteiger partial charge in [0.2, 0.25) is 0 Å². The van der Waals surface area contributed by atoms with E-state index in [1.165, 1.54) is 11.3 Å². The van der Waals surface area contributed by atoms with Crippen molar-refractivity contribution in [3.05, 3.63) is 47.5 Å². The number of anilines is 3. The van der Waals surface area contributed by atoms with Gasteiger partial charge in [-0.25, -0.2) is 9.78 Å². The highest BCUT2D eigenvalue weighted by molar-refractivity contribution is 7.22. The number of urea groups is 1. The summed E-state index contributed by atoms with van der Waals surface area (Å²) in [7, 11) is 0. The Hall–Kier alpha value is -2.39. The molecule has 0 spiro atoms. The number of morpholine rings is 1. The van der Waals surface area contributed by atoms with Crippen LogP contribution in [0.25, 0.3) is 10.2 Å². The summed E-state index contributed by atoms with van der Waals surface area (Å²) in [6.45, 7) is 4.49. The van der Waals surface area contributed by atoms with Gasteiger partial charge < -0.3 is 15.8 Å². The number of halogens is 1. The standard InChI is InChI=1S/C20H22ClN5O2S/c21-14-1-3-15(4-2-14)23-20(27)26(8-7-25-9-11-28-12-10-25)16-5-6-18-17(13-16)24-19(22)29-18/h1-6,13H,7-12H2,(H2,22,24)(H,23,27). The van der Waals surface area contributed by atoms with E-state index >= 15 is 0 Å². The molecule has 3 N–H and O–H groups in total. The molecule has 0 radical (unpaired) electrons. The Bertz CT molecular complexity index is 988. The predicted molar refractivity (Wildman–Crippen MR) is 119 cm³/mol. The molecule has 0 bridgehead atoms. The fourth-order valence-electron chi connectivity index (χ4n) is 3.24. The average Bonchev–Trinajstić information content (AvgIpc) is 3.10. The van der Waals surface area contributed by atoms with Crippen LogP contribution in [0.3, 0.4) is 0 Å². The van der Waals surface area contributed by atoms with Crippen LogP contribution in [-0.2, 0) is 4.74 Å². The van der Waals surface area contributed by atoms with E-state index in [0.29, 0.717) is 22.4 Å². The molecule has 1 saturated heterocycles. The first kappa shape index (κ1) is 19.9. The number of nitrogen functional groups attached to an aromatic ring is 1. The number of hydrogen-bond acceptors (Lipinski definition) is 6. The quantitative estimate of drug-likeness (QED) is 0.640. The molecule has 1 fully saturated rings. The van der Waals surface area contributed by atoms with Gasteiger partial charge in [0.25, 0.3) is 0 Å². The summed E-state index contributed by atoms with van der Waals surface area (Å²) in [5, 5.41) is 4.09. The molecule has 1 aliphatic rings. The third kappa shape index (κ3) is 4.97. The number of carbonyl (C=O) groups is 1. The van der Waals surface area contributed by atoms with E-state index in [9.17, 15) is 4.79 Å². The predicted octanol–water partition coefficient (Wildman–Crippen LogP) is 3.90. The Morgan fingerprint density at radius 3 is 2.76 bits per heavy atom. The molecular weight excluding hydrogens is 410 g/mol. The minimum Gasteiger partial charge on any atom is -0.379 e. The lowest BCUT2D eigenvalue weighted by molar-refractivity contribution is 0.0393. The van der Waals surface area contributed by atoms with Gasteiger partial charge in [-0.1, -0.05) is 22.9 Å². The molecule has 0 aliphatic carbocycles. The highest BCUT2D eigenvalue weighted by Crippen LogP contribution is 2.28. The third-order valence-corrected chi connectivity index (χ3v) is 5.90. The number of ether oxygens (including phenoxy) is 1. The SMILES string of the molecule is Nc1nc2cc(N(CCN3CCOCC3)C(=O)Nc3ccc(Cl)cc3)ccc2s1. The van der Waals surface area contributed by atoms with Crippen molar-refractivity contribution < 1.29 is 9.53 Å². The number of aromatic nitrogens is 1. The number of hydrogen-bond donors (Lipinski definition) is 2. The highest BCUT2D eigenvalue weighted by Gasteiger charge is 2.19. The van der Waals surface area contributed by atoms with Gasteiger partial charge in [0, 0.05) is 42.6 Å². The Morgan fingerprint density at radius 2 is 2.00 bits per heavy atom. The van der Waals surface area contributed by atoms with Gasteiger partial charge in [-0.05, 0) is 42.5 Å². The van der Waals surface area contributed by atoms with Gasteiger partial charge in [0.05, 0.1) is 23.4 Å². The molecule has 0 unspecified atom stereocenters. The van der Waals surface area contributed by atoms with Gasteiger partial charge in [-0.2, -0.15) is 0 Å². The second-order valence-electron chi connectivity index (χ2n) is 6.75. The molecule has 2 heterocycles. The summed E-state index contributed by atoms with van der Waals surface area (Å²) in [5.41, 5.74) is 8.09. The number of thiazole rings is 1. The molecule has 2 amide bonds. The zero-order valence-electron chi connectivity index (χ0n) is 15.8. The molecule has 0 saturated carbocycles. The minimum absolute atomic E-state index is 0.205. The largest absolute Gasteiger partial charge is 0.379 e. The topological polar surface area (TPSA) is 83.7 Å². The lowest BCUT2D eigenvalue weighted by Gasteiger charge is -2.30. The second kappa shape index (κ2) is 8.96. The molecule has 152 valence electrons. The fraction of sp³-hybridized carbons (Fsp3) is 0.300. The number of rotatable bonds is 5. The number of nitrogens with one attached hydrogen (secondary N) is 1. The Balaban J connectivity index is 1.56. The number of nitrogens with two attached hydrogens (primary N) is 1. The Labute approximate surface area is 178 Å². The van der Waals surface area contributed by atoms with E-state index in [0.717, 1.165) is 48.8 Å². The zero-order valence-corrected chi connectivity index (χ0v) is 17.4. The maximum atomic E-state index is 13.1.